The molecule has 0 aromatic carbocycles. The van der Waals surface area contributed by atoms with Crippen molar-refractivity contribution >= 4 is 23.3 Å². The Hall–Kier alpha value is -2.14. The Morgan fingerprint density at radius 2 is 2.00 bits per heavy atom. The second-order valence-corrected chi connectivity index (χ2v) is 4.50. The van der Waals surface area contributed by atoms with Crippen LogP contribution >= 0.6 is 11.6 Å². The van der Waals surface area contributed by atoms with Crippen LogP contribution in [0.1, 0.15) is 23.0 Å². The molecule has 0 unspecified atom stereocenters. The van der Waals surface area contributed by atoms with Crippen LogP contribution in [0.3, 0.4) is 0 Å². The van der Waals surface area contributed by atoms with Gasteiger partial charge in [-0.3, -0.25) is 9.78 Å². The first-order valence-electron chi connectivity index (χ1n) is 6.28. The highest BCUT2D eigenvalue weighted by atomic mass is 35.5. The molecular weight excluding hydrogens is 276 g/mol. The smallest absolute Gasteiger partial charge is 0.271 e. The summed E-state index contributed by atoms with van der Waals surface area (Å²) in [5.41, 5.74) is 1.19. The minimum Gasteiger partial charge on any atom is -0.370 e. The maximum absolute atomic E-state index is 12.1. The maximum Gasteiger partial charge on any atom is 0.271 e. The summed E-state index contributed by atoms with van der Waals surface area (Å²) in [5.74, 6) is 0.331. The fraction of sp³-hybridized carbons (Fsp3) is 0.214. The van der Waals surface area contributed by atoms with Gasteiger partial charge in [0.25, 0.3) is 5.91 Å². The van der Waals surface area contributed by atoms with Crippen molar-refractivity contribution in [1.82, 2.24) is 15.3 Å². The van der Waals surface area contributed by atoms with E-state index in [1.807, 2.05) is 19.1 Å². The van der Waals surface area contributed by atoms with E-state index in [0.29, 0.717) is 17.4 Å². The zero-order valence-corrected chi connectivity index (χ0v) is 11.8. The number of nitrogens with zero attached hydrogens (tertiary/aromatic N) is 2. The number of halogens is 1. The molecule has 0 saturated carbocycles. The van der Waals surface area contributed by atoms with E-state index >= 15 is 0 Å². The second-order valence-electron chi connectivity index (χ2n) is 4.10. The van der Waals surface area contributed by atoms with Crippen molar-refractivity contribution in [2.45, 2.75) is 13.5 Å². The number of carbonyl (C=O) groups excluding carboxylic acids is 1. The highest BCUT2D eigenvalue weighted by molar-refractivity contribution is 6.33. The summed E-state index contributed by atoms with van der Waals surface area (Å²) < 4.78 is 0. The number of aromatic nitrogens is 2. The summed E-state index contributed by atoms with van der Waals surface area (Å²) in [6.07, 6.45) is 3.36. The van der Waals surface area contributed by atoms with Crippen LogP contribution in [-0.2, 0) is 6.54 Å². The Labute approximate surface area is 122 Å². The van der Waals surface area contributed by atoms with Crippen molar-refractivity contribution in [1.29, 1.82) is 0 Å². The molecule has 0 radical (unpaired) electrons. The molecule has 2 N–H and O–H groups in total. The van der Waals surface area contributed by atoms with Crippen LogP contribution in [0.25, 0.3) is 0 Å². The molecule has 104 valence electrons. The quantitative estimate of drug-likeness (QED) is 0.888. The van der Waals surface area contributed by atoms with Crippen LogP contribution in [0.5, 0.6) is 0 Å². The van der Waals surface area contributed by atoms with Gasteiger partial charge in [0.15, 0.2) is 0 Å². The molecule has 6 heteroatoms. The number of nitrogens with one attached hydrogen (secondary N) is 2. The fourth-order valence-electron chi connectivity index (χ4n) is 1.65. The van der Waals surface area contributed by atoms with Crippen molar-refractivity contribution < 1.29 is 4.79 Å². The number of carbonyl (C=O) groups is 1. The summed E-state index contributed by atoms with van der Waals surface area (Å²) in [5, 5.41) is 6.16. The van der Waals surface area contributed by atoms with Gasteiger partial charge >= 0.3 is 0 Å². The van der Waals surface area contributed by atoms with Crippen molar-refractivity contribution in [3.8, 4) is 0 Å². The first-order valence-corrected chi connectivity index (χ1v) is 6.66. The average Bonchev–Trinajstić information content (AvgIpc) is 2.48. The summed E-state index contributed by atoms with van der Waals surface area (Å²) in [6, 6.07) is 7.08. The molecule has 2 aromatic heterocycles. The fourth-order valence-corrected chi connectivity index (χ4v) is 1.84. The van der Waals surface area contributed by atoms with Crippen molar-refractivity contribution in [2.75, 3.05) is 11.9 Å². The molecule has 0 aliphatic rings. The van der Waals surface area contributed by atoms with E-state index in [-0.39, 0.29) is 11.6 Å². The van der Waals surface area contributed by atoms with Gasteiger partial charge in [-0.25, -0.2) is 4.98 Å². The van der Waals surface area contributed by atoms with E-state index in [1.54, 1.807) is 24.5 Å². The van der Waals surface area contributed by atoms with Gasteiger partial charge in [0.2, 0.25) is 0 Å². The van der Waals surface area contributed by atoms with Crippen molar-refractivity contribution in [3.63, 3.8) is 0 Å². The van der Waals surface area contributed by atoms with E-state index in [4.69, 9.17) is 11.6 Å². The van der Waals surface area contributed by atoms with E-state index < -0.39 is 0 Å². The molecule has 0 atom stereocenters. The van der Waals surface area contributed by atoms with Crippen molar-refractivity contribution in [3.05, 3.63) is 52.9 Å². The summed E-state index contributed by atoms with van der Waals surface area (Å²) in [4.78, 5) is 20.2. The SMILES string of the molecule is CCNc1ccc(Cl)c(C(=O)NCc2ccncc2)n1. The van der Waals surface area contributed by atoms with Gasteiger partial charge in [0, 0.05) is 25.5 Å². The van der Waals surface area contributed by atoms with Crippen LogP contribution in [0.4, 0.5) is 5.82 Å². The highest BCUT2D eigenvalue weighted by Crippen LogP contribution is 2.16. The van der Waals surface area contributed by atoms with E-state index in [0.717, 1.165) is 12.1 Å². The van der Waals surface area contributed by atoms with Gasteiger partial charge in [0.05, 0.1) is 5.02 Å². The number of hydrogen-bond donors (Lipinski definition) is 2. The molecular formula is C14H15ClN4O. The van der Waals surface area contributed by atoms with Crippen LogP contribution < -0.4 is 10.6 Å². The molecule has 0 saturated heterocycles. The molecule has 2 heterocycles. The Bertz CT molecular complexity index is 589. The number of anilines is 1. The van der Waals surface area contributed by atoms with Gasteiger partial charge < -0.3 is 10.6 Å². The molecule has 0 aliphatic heterocycles. The molecule has 0 spiro atoms. The summed E-state index contributed by atoms with van der Waals surface area (Å²) in [7, 11) is 0. The van der Waals surface area contributed by atoms with Gasteiger partial charge in [-0.2, -0.15) is 0 Å². The topological polar surface area (TPSA) is 66.9 Å². The molecule has 0 fully saturated rings. The average molecular weight is 291 g/mol. The molecule has 5 nitrogen and oxygen atoms in total. The van der Waals surface area contributed by atoms with E-state index in [2.05, 4.69) is 20.6 Å². The Morgan fingerprint density at radius 1 is 1.25 bits per heavy atom. The maximum atomic E-state index is 12.1. The monoisotopic (exact) mass is 290 g/mol. The number of rotatable bonds is 5. The predicted octanol–water partition coefficient (Wildman–Crippen LogP) is 2.49. The molecule has 0 aliphatic carbocycles. The zero-order valence-electron chi connectivity index (χ0n) is 11.1. The molecule has 20 heavy (non-hydrogen) atoms. The van der Waals surface area contributed by atoms with Gasteiger partial charge in [-0.05, 0) is 36.8 Å². The third-order valence-electron chi connectivity index (χ3n) is 2.62. The lowest BCUT2D eigenvalue weighted by atomic mass is 10.2. The Morgan fingerprint density at radius 3 is 2.70 bits per heavy atom. The van der Waals surface area contributed by atoms with Crippen LogP contribution in [0.15, 0.2) is 36.7 Å². The van der Waals surface area contributed by atoms with Crippen molar-refractivity contribution in [2.24, 2.45) is 0 Å². The first-order chi connectivity index (χ1) is 9.70. The number of amides is 1. The lowest BCUT2D eigenvalue weighted by Crippen LogP contribution is -2.24. The third kappa shape index (κ3) is 3.68. The standard InChI is InChI=1S/C14H15ClN4O/c1-2-17-12-4-3-11(15)13(19-12)14(20)18-9-10-5-7-16-8-6-10/h3-8H,2,9H2,1H3,(H,17,19)(H,18,20). The molecule has 2 rings (SSSR count). The lowest BCUT2D eigenvalue weighted by molar-refractivity contribution is 0.0946. The zero-order chi connectivity index (χ0) is 14.4. The first kappa shape index (κ1) is 14.3. The predicted molar refractivity (Wildman–Crippen MR) is 78.8 cm³/mol. The van der Waals surface area contributed by atoms with E-state index in [9.17, 15) is 4.79 Å². The Kier molecular flexibility index (Phi) is 4.90. The minimum absolute atomic E-state index is 0.221. The molecule has 2 aromatic rings. The largest absolute Gasteiger partial charge is 0.370 e. The number of hydrogen-bond acceptors (Lipinski definition) is 4. The van der Waals surface area contributed by atoms with Gasteiger partial charge in [-0.1, -0.05) is 11.6 Å². The van der Waals surface area contributed by atoms with Crippen LogP contribution in [0, 0.1) is 0 Å². The minimum atomic E-state index is -0.299. The van der Waals surface area contributed by atoms with Crippen LogP contribution in [0.2, 0.25) is 5.02 Å². The van der Waals surface area contributed by atoms with Gasteiger partial charge in [-0.15, -0.1) is 0 Å². The number of pyridine rings is 2. The van der Waals surface area contributed by atoms with Crippen LogP contribution in [-0.4, -0.2) is 22.4 Å². The highest BCUT2D eigenvalue weighted by Gasteiger charge is 2.12. The summed E-state index contributed by atoms with van der Waals surface area (Å²) >= 11 is 6.01. The third-order valence-corrected chi connectivity index (χ3v) is 2.93. The Balaban J connectivity index is 2.06. The lowest BCUT2D eigenvalue weighted by Gasteiger charge is -2.08. The van der Waals surface area contributed by atoms with E-state index in [1.165, 1.54) is 0 Å². The molecule has 1 amide bonds. The molecule has 0 bridgehead atoms. The normalized spacial score (nSPS) is 10.1. The second kappa shape index (κ2) is 6.86. The van der Waals surface area contributed by atoms with Gasteiger partial charge in [0.1, 0.15) is 11.5 Å². The summed E-state index contributed by atoms with van der Waals surface area (Å²) in [6.45, 7) is 3.09.